The van der Waals surface area contributed by atoms with Crippen molar-refractivity contribution in [1.82, 2.24) is 0 Å². The number of ether oxygens (including phenoxy) is 1. The van der Waals surface area contributed by atoms with E-state index in [2.05, 4.69) is 0 Å². The largest absolute Gasteiger partial charge is 0.483 e. The van der Waals surface area contributed by atoms with Crippen LogP contribution in [0.2, 0.25) is 0 Å². The Balaban J connectivity index is 2.19. The van der Waals surface area contributed by atoms with Gasteiger partial charge in [-0.3, -0.25) is 0 Å². The van der Waals surface area contributed by atoms with Crippen LogP contribution >= 0.6 is 0 Å². The van der Waals surface area contributed by atoms with Gasteiger partial charge in [0.1, 0.15) is 18.2 Å². The molecule has 0 bridgehead atoms. The van der Waals surface area contributed by atoms with Gasteiger partial charge in [0, 0.05) is 11.6 Å². The minimum absolute atomic E-state index is 0.0311. The lowest BCUT2D eigenvalue weighted by molar-refractivity contribution is 0.263. The third-order valence-corrected chi connectivity index (χ3v) is 2.63. The normalized spacial score (nSPS) is 10.7. The molecule has 0 unspecified atom stereocenters. The van der Waals surface area contributed by atoms with Gasteiger partial charge in [-0.15, -0.1) is 0 Å². The number of hydrogen-bond donors (Lipinski definition) is 1. The Labute approximate surface area is 112 Å². The van der Waals surface area contributed by atoms with Crippen molar-refractivity contribution in [3.63, 3.8) is 0 Å². The van der Waals surface area contributed by atoms with E-state index in [0.717, 1.165) is 24.3 Å². The number of rotatable bonds is 4. The molecule has 0 atom stereocenters. The molecule has 6 heteroatoms. The van der Waals surface area contributed by atoms with Crippen molar-refractivity contribution in [2.24, 2.45) is 0 Å². The van der Waals surface area contributed by atoms with Crippen LogP contribution in [0, 0.1) is 23.3 Å². The van der Waals surface area contributed by atoms with Crippen molar-refractivity contribution in [3.05, 3.63) is 64.7 Å². The summed E-state index contributed by atoms with van der Waals surface area (Å²) in [6.45, 7) is -0.959. The molecule has 2 aromatic carbocycles. The van der Waals surface area contributed by atoms with E-state index in [1.54, 1.807) is 0 Å². The zero-order chi connectivity index (χ0) is 14.7. The molecule has 0 aliphatic carbocycles. The summed E-state index contributed by atoms with van der Waals surface area (Å²) >= 11 is 0. The lowest BCUT2D eigenvalue weighted by atomic mass is 10.2. The van der Waals surface area contributed by atoms with Gasteiger partial charge in [-0.1, -0.05) is 0 Å². The van der Waals surface area contributed by atoms with E-state index in [4.69, 9.17) is 9.84 Å². The van der Waals surface area contributed by atoms with E-state index >= 15 is 0 Å². The Morgan fingerprint density at radius 1 is 0.900 bits per heavy atom. The minimum Gasteiger partial charge on any atom is -0.483 e. The highest BCUT2D eigenvalue weighted by molar-refractivity contribution is 5.31. The lowest BCUT2D eigenvalue weighted by Gasteiger charge is -2.10. The average Bonchev–Trinajstić information content (AvgIpc) is 2.39. The van der Waals surface area contributed by atoms with Crippen LogP contribution < -0.4 is 4.74 Å². The van der Waals surface area contributed by atoms with Gasteiger partial charge in [-0.05, 0) is 29.8 Å². The van der Waals surface area contributed by atoms with E-state index in [-0.39, 0.29) is 11.1 Å². The summed E-state index contributed by atoms with van der Waals surface area (Å²) in [5, 5.41) is 8.79. The fraction of sp³-hybridized carbons (Fsp3) is 0.143. The molecule has 20 heavy (non-hydrogen) atoms. The van der Waals surface area contributed by atoms with Gasteiger partial charge in [-0.2, -0.15) is 0 Å². The monoisotopic (exact) mass is 286 g/mol. The van der Waals surface area contributed by atoms with Gasteiger partial charge in [0.05, 0.1) is 6.61 Å². The summed E-state index contributed by atoms with van der Waals surface area (Å²) in [5.41, 5.74) is 0.0248. The number of halogens is 4. The van der Waals surface area contributed by atoms with Gasteiger partial charge in [-0.25, -0.2) is 17.6 Å². The molecular weight excluding hydrogens is 276 g/mol. The molecule has 2 rings (SSSR count). The maximum absolute atomic E-state index is 13.5. The van der Waals surface area contributed by atoms with Crippen LogP contribution in [0.3, 0.4) is 0 Å². The van der Waals surface area contributed by atoms with E-state index in [1.807, 2.05) is 0 Å². The van der Waals surface area contributed by atoms with Crippen LogP contribution in [-0.4, -0.2) is 5.11 Å². The molecule has 0 heterocycles. The summed E-state index contributed by atoms with van der Waals surface area (Å²) in [5.74, 6) is -4.30. The zero-order valence-corrected chi connectivity index (χ0v) is 10.2. The molecule has 0 spiro atoms. The topological polar surface area (TPSA) is 29.5 Å². The first-order valence-electron chi connectivity index (χ1n) is 5.66. The quantitative estimate of drug-likeness (QED) is 0.874. The zero-order valence-electron chi connectivity index (χ0n) is 10.2. The highest BCUT2D eigenvalue weighted by atomic mass is 19.1. The fourth-order valence-corrected chi connectivity index (χ4v) is 1.63. The van der Waals surface area contributed by atoms with Crippen molar-refractivity contribution in [2.75, 3.05) is 0 Å². The van der Waals surface area contributed by atoms with Crippen molar-refractivity contribution in [2.45, 2.75) is 13.2 Å². The van der Waals surface area contributed by atoms with Crippen molar-refractivity contribution < 1.29 is 27.4 Å². The molecule has 2 aromatic rings. The van der Waals surface area contributed by atoms with Gasteiger partial charge in [0.2, 0.25) is 0 Å². The van der Waals surface area contributed by atoms with Crippen LogP contribution in [-0.2, 0) is 13.2 Å². The molecule has 1 N–H and O–H groups in total. The predicted molar refractivity (Wildman–Crippen MR) is 63.0 cm³/mol. The average molecular weight is 286 g/mol. The van der Waals surface area contributed by atoms with Gasteiger partial charge < -0.3 is 9.84 Å². The van der Waals surface area contributed by atoms with Crippen LogP contribution in [0.1, 0.15) is 11.1 Å². The Bertz CT molecular complexity index is 606. The summed E-state index contributed by atoms with van der Waals surface area (Å²) in [6.07, 6.45) is 0. The maximum atomic E-state index is 13.5. The molecule has 0 saturated carbocycles. The molecule has 0 radical (unpaired) electrons. The number of hydrogen-bond acceptors (Lipinski definition) is 2. The first-order valence-corrected chi connectivity index (χ1v) is 5.66. The molecule has 0 saturated heterocycles. The predicted octanol–water partition coefficient (Wildman–Crippen LogP) is 3.31. The van der Waals surface area contributed by atoms with E-state index in [1.165, 1.54) is 0 Å². The molecule has 2 nitrogen and oxygen atoms in total. The molecule has 0 fully saturated rings. The maximum Gasteiger partial charge on any atom is 0.191 e. The Morgan fingerprint density at radius 2 is 1.55 bits per heavy atom. The summed E-state index contributed by atoms with van der Waals surface area (Å²) in [7, 11) is 0. The Morgan fingerprint density at radius 3 is 2.10 bits per heavy atom. The summed E-state index contributed by atoms with van der Waals surface area (Å²) in [6, 6.07) is 4.63. The first kappa shape index (κ1) is 14.3. The SMILES string of the molecule is OCc1cc(F)c(OCc2ccc(F)cc2F)c(F)c1. The highest BCUT2D eigenvalue weighted by Crippen LogP contribution is 2.24. The third-order valence-electron chi connectivity index (χ3n) is 2.63. The van der Waals surface area contributed by atoms with Gasteiger partial charge >= 0.3 is 0 Å². The van der Waals surface area contributed by atoms with E-state index in [0.29, 0.717) is 6.07 Å². The van der Waals surface area contributed by atoms with Crippen LogP contribution in [0.5, 0.6) is 5.75 Å². The Kier molecular flexibility index (Phi) is 4.24. The first-order chi connectivity index (χ1) is 9.51. The highest BCUT2D eigenvalue weighted by Gasteiger charge is 2.14. The van der Waals surface area contributed by atoms with Crippen molar-refractivity contribution >= 4 is 0 Å². The molecule has 0 amide bonds. The molecule has 0 aliphatic rings. The minimum atomic E-state index is -1.00. The third kappa shape index (κ3) is 3.08. The fourth-order valence-electron chi connectivity index (χ4n) is 1.63. The van der Waals surface area contributed by atoms with Crippen molar-refractivity contribution in [3.8, 4) is 5.75 Å². The summed E-state index contributed by atoms with van der Waals surface area (Å²) < 4.78 is 58.0. The van der Waals surface area contributed by atoms with Gasteiger partial charge in [0.15, 0.2) is 17.4 Å². The van der Waals surface area contributed by atoms with Crippen molar-refractivity contribution in [1.29, 1.82) is 0 Å². The van der Waals surface area contributed by atoms with E-state index < -0.39 is 42.2 Å². The van der Waals surface area contributed by atoms with Crippen LogP contribution in [0.25, 0.3) is 0 Å². The second kappa shape index (κ2) is 5.92. The molecule has 106 valence electrons. The number of aliphatic hydroxyl groups is 1. The Hall–Kier alpha value is -2.08. The second-order valence-electron chi connectivity index (χ2n) is 4.07. The van der Waals surface area contributed by atoms with Crippen LogP contribution in [0.15, 0.2) is 30.3 Å². The lowest BCUT2D eigenvalue weighted by Crippen LogP contribution is -2.03. The molecular formula is C14H10F4O2. The smallest absolute Gasteiger partial charge is 0.191 e. The van der Waals surface area contributed by atoms with E-state index in [9.17, 15) is 17.6 Å². The molecule has 0 aromatic heterocycles. The van der Waals surface area contributed by atoms with Crippen LogP contribution in [0.4, 0.5) is 17.6 Å². The summed E-state index contributed by atoms with van der Waals surface area (Å²) in [4.78, 5) is 0. The second-order valence-corrected chi connectivity index (χ2v) is 4.07. The number of benzene rings is 2. The van der Waals surface area contributed by atoms with Gasteiger partial charge in [0.25, 0.3) is 0 Å². The standard InChI is InChI=1S/C14H10F4O2/c15-10-2-1-9(11(16)5-10)7-20-14-12(17)3-8(6-19)4-13(14)18/h1-5,19H,6-7H2. The number of aliphatic hydroxyl groups excluding tert-OH is 1. The molecule has 0 aliphatic heterocycles.